The van der Waals surface area contributed by atoms with Crippen LogP contribution in [0, 0.1) is 0 Å². The van der Waals surface area contributed by atoms with Gasteiger partial charge in [-0.25, -0.2) is 5.43 Å². The minimum Gasteiger partial charge on any atom is -0.490 e. The first-order valence-electron chi connectivity index (χ1n) is 7.30. The number of carbonyl (C=O) groups excluding carboxylic acids is 1. The van der Waals surface area contributed by atoms with Gasteiger partial charge in [0, 0.05) is 6.20 Å². The third-order valence-electron chi connectivity index (χ3n) is 2.89. The van der Waals surface area contributed by atoms with Gasteiger partial charge in [-0.3, -0.25) is 9.78 Å². The van der Waals surface area contributed by atoms with Crippen molar-refractivity contribution in [3.05, 3.63) is 54.4 Å². The minimum atomic E-state index is -0.355. The molecule has 0 aliphatic heterocycles. The number of pyridine rings is 1. The Morgan fingerprint density at radius 1 is 1.13 bits per heavy atom. The molecule has 1 aromatic carbocycles. The van der Waals surface area contributed by atoms with Gasteiger partial charge in [-0.2, -0.15) is 5.10 Å². The zero-order valence-electron chi connectivity index (χ0n) is 13.2. The Morgan fingerprint density at radius 3 is 2.48 bits per heavy atom. The van der Waals surface area contributed by atoms with Crippen LogP contribution in [0.3, 0.4) is 0 Å². The van der Waals surface area contributed by atoms with E-state index in [1.807, 2.05) is 37.3 Å². The Morgan fingerprint density at radius 2 is 1.83 bits per heavy atom. The highest BCUT2D eigenvalue weighted by Crippen LogP contribution is 2.26. The average molecular weight is 313 g/mol. The van der Waals surface area contributed by atoms with Crippen molar-refractivity contribution < 1.29 is 14.3 Å². The Kier molecular flexibility index (Phi) is 6.11. The maximum absolute atomic E-state index is 11.8. The predicted molar refractivity (Wildman–Crippen MR) is 87.7 cm³/mol. The summed E-state index contributed by atoms with van der Waals surface area (Å²) in [4.78, 5) is 16.0. The van der Waals surface area contributed by atoms with Gasteiger partial charge in [0.15, 0.2) is 18.1 Å². The number of aromatic nitrogens is 1. The molecular formula is C17H19N3O3. The molecule has 6 nitrogen and oxygen atoms in total. The molecule has 0 radical (unpaired) electrons. The van der Waals surface area contributed by atoms with E-state index in [0.29, 0.717) is 29.5 Å². The first-order chi connectivity index (χ1) is 11.2. The molecule has 6 heteroatoms. The molecule has 23 heavy (non-hydrogen) atoms. The third kappa shape index (κ3) is 5.10. The number of rotatable bonds is 7. The van der Waals surface area contributed by atoms with Crippen molar-refractivity contribution in [1.29, 1.82) is 0 Å². The lowest BCUT2D eigenvalue weighted by Crippen LogP contribution is -2.25. The second-order valence-electron chi connectivity index (χ2n) is 4.62. The fourth-order valence-electron chi connectivity index (χ4n) is 1.80. The summed E-state index contributed by atoms with van der Waals surface area (Å²) in [6.45, 7) is 4.04. The van der Waals surface area contributed by atoms with Gasteiger partial charge in [0.25, 0.3) is 5.91 Å². The van der Waals surface area contributed by atoms with Crippen LogP contribution in [-0.4, -0.2) is 29.8 Å². The molecule has 0 spiro atoms. The normalized spacial score (nSPS) is 11.0. The Hall–Kier alpha value is -2.89. The molecule has 2 aromatic rings. The van der Waals surface area contributed by atoms with Gasteiger partial charge >= 0.3 is 0 Å². The lowest BCUT2D eigenvalue weighted by Gasteiger charge is -2.10. The second kappa shape index (κ2) is 8.53. The fraction of sp³-hybridized carbons (Fsp3) is 0.235. The van der Waals surface area contributed by atoms with E-state index < -0.39 is 0 Å². The van der Waals surface area contributed by atoms with Crippen LogP contribution in [-0.2, 0) is 4.79 Å². The fourth-order valence-corrected chi connectivity index (χ4v) is 1.80. The summed E-state index contributed by atoms with van der Waals surface area (Å²) < 4.78 is 10.9. The van der Waals surface area contributed by atoms with Crippen molar-refractivity contribution in [2.75, 3.05) is 13.2 Å². The van der Waals surface area contributed by atoms with Crippen molar-refractivity contribution in [3.8, 4) is 11.5 Å². The largest absolute Gasteiger partial charge is 0.490 e. The molecular weight excluding hydrogens is 294 g/mol. The number of amides is 1. The van der Waals surface area contributed by atoms with Gasteiger partial charge in [0.05, 0.1) is 18.0 Å². The van der Waals surface area contributed by atoms with E-state index in [-0.39, 0.29) is 12.5 Å². The van der Waals surface area contributed by atoms with E-state index in [9.17, 15) is 4.79 Å². The molecule has 0 aliphatic carbocycles. The zero-order chi connectivity index (χ0) is 16.5. The van der Waals surface area contributed by atoms with E-state index >= 15 is 0 Å². The van der Waals surface area contributed by atoms with Crippen LogP contribution in [0.4, 0.5) is 0 Å². The number of hydrogen-bond donors (Lipinski definition) is 1. The van der Waals surface area contributed by atoms with Crippen molar-refractivity contribution in [1.82, 2.24) is 10.4 Å². The zero-order valence-corrected chi connectivity index (χ0v) is 13.2. The molecule has 120 valence electrons. The molecule has 0 saturated heterocycles. The molecule has 0 saturated carbocycles. The van der Waals surface area contributed by atoms with E-state index in [1.54, 1.807) is 25.3 Å². The van der Waals surface area contributed by atoms with Gasteiger partial charge in [0.2, 0.25) is 0 Å². The van der Waals surface area contributed by atoms with Crippen LogP contribution >= 0.6 is 0 Å². The number of nitrogens with zero attached hydrogens (tertiary/aromatic N) is 2. The summed E-state index contributed by atoms with van der Waals surface area (Å²) in [5.41, 5.74) is 3.77. The quantitative estimate of drug-likeness (QED) is 0.629. The summed E-state index contributed by atoms with van der Waals surface area (Å²) in [6, 6.07) is 12.7. The van der Waals surface area contributed by atoms with Crippen molar-refractivity contribution in [2.45, 2.75) is 13.8 Å². The van der Waals surface area contributed by atoms with E-state index in [2.05, 4.69) is 15.5 Å². The maximum atomic E-state index is 11.8. The number of para-hydroxylation sites is 2. The van der Waals surface area contributed by atoms with Gasteiger partial charge in [-0.05, 0) is 38.1 Å². The monoisotopic (exact) mass is 313 g/mol. The van der Waals surface area contributed by atoms with Gasteiger partial charge in [-0.15, -0.1) is 0 Å². The molecule has 0 aliphatic rings. The highest BCUT2D eigenvalue weighted by molar-refractivity contribution is 5.97. The Bertz CT molecular complexity index is 672. The SMILES string of the molecule is CCOc1ccccc1OCC(=O)N/N=C(/C)c1ccccn1. The van der Waals surface area contributed by atoms with E-state index in [1.165, 1.54) is 0 Å². The molecule has 2 rings (SSSR count). The van der Waals surface area contributed by atoms with Crippen LogP contribution in [0.25, 0.3) is 0 Å². The first-order valence-corrected chi connectivity index (χ1v) is 7.30. The third-order valence-corrected chi connectivity index (χ3v) is 2.89. The van der Waals surface area contributed by atoms with Crippen LogP contribution in [0.15, 0.2) is 53.8 Å². The molecule has 0 atom stereocenters. The smallest absolute Gasteiger partial charge is 0.277 e. The van der Waals surface area contributed by atoms with Crippen LogP contribution in [0.1, 0.15) is 19.5 Å². The van der Waals surface area contributed by atoms with Crippen molar-refractivity contribution >= 4 is 11.6 Å². The number of ether oxygens (including phenoxy) is 2. The summed E-state index contributed by atoms with van der Waals surface area (Å²) in [6.07, 6.45) is 1.67. The van der Waals surface area contributed by atoms with Gasteiger partial charge < -0.3 is 9.47 Å². The standard InChI is InChI=1S/C17H19N3O3/c1-3-22-15-9-4-5-10-16(15)23-12-17(21)20-19-13(2)14-8-6-7-11-18-14/h4-11H,3,12H2,1-2H3,(H,20,21)/b19-13-. The summed E-state index contributed by atoms with van der Waals surface area (Å²) in [7, 11) is 0. The lowest BCUT2D eigenvalue weighted by atomic mass is 10.3. The number of nitrogens with one attached hydrogen (secondary N) is 1. The molecule has 0 unspecified atom stereocenters. The molecule has 0 fully saturated rings. The predicted octanol–water partition coefficient (Wildman–Crippen LogP) is 2.40. The minimum absolute atomic E-state index is 0.150. The molecule has 1 aromatic heterocycles. The van der Waals surface area contributed by atoms with Gasteiger partial charge in [-0.1, -0.05) is 18.2 Å². The summed E-state index contributed by atoms with van der Waals surface area (Å²) in [5, 5.41) is 4.01. The van der Waals surface area contributed by atoms with Crippen LogP contribution < -0.4 is 14.9 Å². The summed E-state index contributed by atoms with van der Waals surface area (Å²) >= 11 is 0. The Labute approximate surface area is 135 Å². The number of hydrogen-bond acceptors (Lipinski definition) is 5. The number of benzene rings is 1. The Balaban J connectivity index is 1.88. The molecule has 0 bridgehead atoms. The topological polar surface area (TPSA) is 72.8 Å². The second-order valence-corrected chi connectivity index (χ2v) is 4.62. The van der Waals surface area contributed by atoms with Crippen LogP contribution in [0.2, 0.25) is 0 Å². The molecule has 1 heterocycles. The summed E-state index contributed by atoms with van der Waals surface area (Å²) in [5.74, 6) is 0.775. The molecule has 1 amide bonds. The van der Waals surface area contributed by atoms with Crippen LogP contribution in [0.5, 0.6) is 11.5 Å². The van der Waals surface area contributed by atoms with E-state index in [4.69, 9.17) is 9.47 Å². The maximum Gasteiger partial charge on any atom is 0.277 e. The highest BCUT2D eigenvalue weighted by Gasteiger charge is 2.07. The number of hydrazone groups is 1. The van der Waals surface area contributed by atoms with Crippen molar-refractivity contribution in [3.63, 3.8) is 0 Å². The first kappa shape index (κ1) is 16.5. The van der Waals surface area contributed by atoms with E-state index in [0.717, 1.165) is 0 Å². The number of carbonyl (C=O) groups is 1. The van der Waals surface area contributed by atoms with Crippen molar-refractivity contribution in [2.24, 2.45) is 5.10 Å². The lowest BCUT2D eigenvalue weighted by molar-refractivity contribution is -0.123. The average Bonchev–Trinajstić information content (AvgIpc) is 2.60. The van der Waals surface area contributed by atoms with Gasteiger partial charge in [0.1, 0.15) is 0 Å². The highest BCUT2D eigenvalue weighted by atomic mass is 16.5. The molecule has 1 N–H and O–H groups in total.